The van der Waals surface area contributed by atoms with Crippen LogP contribution in [-0.4, -0.2) is 27.1 Å². The predicted molar refractivity (Wildman–Crippen MR) is 26.3 cm³/mol. The molecule has 0 aliphatic carbocycles. The quantitative estimate of drug-likeness (QED) is 0.381. The van der Waals surface area contributed by atoms with Crippen molar-refractivity contribution in [3.8, 4) is 0 Å². The fourth-order valence-corrected chi connectivity index (χ4v) is 0. The minimum Gasteiger partial charge on any atom is -1.00 e. The van der Waals surface area contributed by atoms with Crippen LogP contribution < -0.4 is 0 Å². The summed E-state index contributed by atoms with van der Waals surface area (Å²) in [5.74, 6) is -1.29. The Labute approximate surface area is 47.3 Å². The van der Waals surface area contributed by atoms with E-state index in [4.69, 9.17) is 16.7 Å². The number of rotatable bonds is 1. The summed E-state index contributed by atoms with van der Waals surface area (Å²) in [4.78, 5) is 9.24. The molecule has 0 amide bonds. The van der Waals surface area contributed by atoms with Crippen molar-refractivity contribution in [3.63, 3.8) is 0 Å². The SMILES string of the molecule is O=C(O)CCl.[Be+2].[H-].[H-]. The molecule has 0 spiro atoms. The summed E-state index contributed by atoms with van der Waals surface area (Å²) >= 11 is 4.74. The Morgan fingerprint density at radius 1 is 2.00 bits per heavy atom. The summed E-state index contributed by atoms with van der Waals surface area (Å²) in [5, 5.41) is 7.59. The van der Waals surface area contributed by atoms with Crippen LogP contribution in [0.2, 0.25) is 0 Å². The molecule has 0 aromatic heterocycles. The second-order valence-corrected chi connectivity index (χ2v) is 0.795. The van der Waals surface area contributed by atoms with Gasteiger partial charge in [0.2, 0.25) is 0 Å². The molecule has 0 saturated heterocycles. The Morgan fingerprint density at radius 2 is 2.17 bits per heavy atom. The minimum atomic E-state index is -0.980. The minimum absolute atomic E-state index is 0. The van der Waals surface area contributed by atoms with Crippen molar-refractivity contribution in [3.05, 3.63) is 0 Å². The molecule has 0 fully saturated rings. The van der Waals surface area contributed by atoms with Crippen molar-refractivity contribution in [2.24, 2.45) is 0 Å². The Balaban J connectivity index is -0.0000000267. The Morgan fingerprint density at radius 3 is 2.17 bits per heavy atom. The Kier molecular flexibility index (Phi) is 7.67. The summed E-state index contributed by atoms with van der Waals surface area (Å²) in [5.41, 5.74) is 0. The van der Waals surface area contributed by atoms with Gasteiger partial charge in [0.05, 0.1) is 0 Å². The van der Waals surface area contributed by atoms with Gasteiger partial charge in [-0.2, -0.15) is 0 Å². The van der Waals surface area contributed by atoms with E-state index in [2.05, 4.69) is 0 Å². The van der Waals surface area contributed by atoms with Crippen LogP contribution in [0.25, 0.3) is 0 Å². The van der Waals surface area contributed by atoms with Gasteiger partial charge in [-0.25, -0.2) is 0 Å². The number of carboxylic acid groups (broad SMARTS) is 1. The van der Waals surface area contributed by atoms with E-state index in [1.54, 1.807) is 0 Å². The smallest absolute Gasteiger partial charge is 1.00 e. The molecule has 6 heavy (non-hydrogen) atoms. The zero-order chi connectivity index (χ0) is 4.28. The average molecular weight is 106 g/mol. The summed E-state index contributed by atoms with van der Waals surface area (Å²) in [6.45, 7) is 0. The van der Waals surface area contributed by atoms with Crippen molar-refractivity contribution < 1.29 is 12.8 Å². The molecule has 0 saturated carbocycles. The molecule has 0 unspecified atom stereocenters. The fraction of sp³-hybridized carbons (Fsp3) is 0.500. The third-order valence-electron chi connectivity index (χ3n) is 0.114. The summed E-state index contributed by atoms with van der Waals surface area (Å²) < 4.78 is 0. The standard InChI is InChI=1S/C2H3ClO2.Be.2H/c3-1-2(4)5;;;/h1H2,(H,4,5);;;/q;+2;2*-1. The maximum absolute atomic E-state index is 9.24. The summed E-state index contributed by atoms with van der Waals surface area (Å²) in [6.07, 6.45) is 0. The monoisotopic (exact) mass is 105 g/mol. The molecule has 0 rings (SSSR count). The second-order valence-electron chi connectivity index (χ2n) is 0.527. The number of hydrogen-bond acceptors (Lipinski definition) is 1. The third kappa shape index (κ3) is 9.06. The molecule has 0 aromatic rings. The number of carbonyl (C=O) groups is 1. The van der Waals surface area contributed by atoms with Crippen LogP contribution in [0.15, 0.2) is 0 Å². The van der Waals surface area contributed by atoms with Gasteiger partial charge in [0.25, 0.3) is 0 Å². The molecule has 0 aliphatic heterocycles. The number of hydrogen-bond donors (Lipinski definition) is 1. The van der Waals surface area contributed by atoms with Gasteiger partial charge < -0.3 is 7.96 Å². The largest absolute Gasteiger partial charge is 2.00 e. The van der Waals surface area contributed by atoms with E-state index in [0.29, 0.717) is 0 Å². The molecule has 0 radical (unpaired) electrons. The van der Waals surface area contributed by atoms with Gasteiger partial charge in [-0.15, -0.1) is 11.6 Å². The molecule has 4 heteroatoms. The van der Waals surface area contributed by atoms with Gasteiger partial charge in [0, 0.05) is 0 Å². The molecule has 0 bridgehead atoms. The summed E-state index contributed by atoms with van der Waals surface area (Å²) in [7, 11) is 0. The number of aliphatic carboxylic acids is 1. The first-order valence-corrected chi connectivity index (χ1v) is 1.58. The van der Waals surface area contributed by atoms with E-state index >= 15 is 0 Å². The first-order valence-electron chi connectivity index (χ1n) is 1.05. The molecule has 0 atom stereocenters. The molecule has 2 nitrogen and oxygen atoms in total. The molecule has 1 N–H and O–H groups in total. The van der Waals surface area contributed by atoms with Crippen LogP contribution in [0.5, 0.6) is 0 Å². The topological polar surface area (TPSA) is 37.3 Å². The number of halogens is 1. The van der Waals surface area contributed by atoms with E-state index in [1.165, 1.54) is 0 Å². The maximum atomic E-state index is 9.24. The van der Waals surface area contributed by atoms with E-state index in [-0.39, 0.29) is 18.9 Å². The van der Waals surface area contributed by atoms with Crippen LogP contribution in [0.3, 0.4) is 0 Å². The van der Waals surface area contributed by atoms with E-state index in [1.807, 2.05) is 0 Å². The average Bonchev–Trinajstić information content (AvgIpc) is 1.38. The van der Waals surface area contributed by atoms with Gasteiger partial charge >= 0.3 is 16.1 Å². The van der Waals surface area contributed by atoms with Crippen molar-refractivity contribution >= 4 is 27.7 Å². The van der Waals surface area contributed by atoms with Crippen LogP contribution in [-0.2, 0) is 4.79 Å². The van der Waals surface area contributed by atoms with E-state index in [0.717, 1.165) is 0 Å². The Bertz CT molecular complexity index is 53.3. The fourth-order valence-electron chi connectivity index (χ4n) is 0. The first kappa shape index (κ1) is 9.33. The van der Waals surface area contributed by atoms with Crippen molar-refractivity contribution in [1.82, 2.24) is 0 Å². The van der Waals surface area contributed by atoms with Gasteiger partial charge in [-0.1, -0.05) is 0 Å². The normalized spacial score (nSPS) is 6.17. The van der Waals surface area contributed by atoms with Crippen LogP contribution in [0.1, 0.15) is 2.85 Å². The van der Waals surface area contributed by atoms with Crippen LogP contribution >= 0.6 is 11.6 Å². The van der Waals surface area contributed by atoms with Crippen LogP contribution in [0, 0.1) is 0 Å². The van der Waals surface area contributed by atoms with Gasteiger partial charge in [-0.05, 0) is 0 Å². The van der Waals surface area contributed by atoms with Crippen LogP contribution in [0.4, 0.5) is 0 Å². The molecule has 34 valence electrons. The molecule has 0 aliphatic rings. The first-order chi connectivity index (χ1) is 2.27. The van der Waals surface area contributed by atoms with Gasteiger partial charge in [0.1, 0.15) is 5.88 Å². The van der Waals surface area contributed by atoms with Crippen molar-refractivity contribution in [1.29, 1.82) is 0 Å². The summed E-state index contributed by atoms with van der Waals surface area (Å²) in [6, 6.07) is 0. The molecule has 0 heterocycles. The van der Waals surface area contributed by atoms with Gasteiger partial charge in [-0.3, -0.25) is 4.79 Å². The Hall–Kier alpha value is -0.0712. The third-order valence-corrected chi connectivity index (χ3v) is 0.343. The van der Waals surface area contributed by atoms with E-state index in [9.17, 15) is 4.79 Å². The van der Waals surface area contributed by atoms with Gasteiger partial charge in [0.15, 0.2) is 0 Å². The zero-order valence-corrected chi connectivity index (χ0v) is 3.90. The van der Waals surface area contributed by atoms with E-state index < -0.39 is 5.97 Å². The van der Waals surface area contributed by atoms with Crippen molar-refractivity contribution in [2.75, 3.05) is 5.88 Å². The molecule has 0 aromatic carbocycles. The zero-order valence-electron chi connectivity index (χ0n) is 5.15. The predicted octanol–water partition coefficient (Wildman–Crippen LogP) is 0.154. The maximum Gasteiger partial charge on any atom is 2.00 e. The second kappa shape index (κ2) is 4.93. The molecular weight excluding hydrogens is 100 g/mol. The molecular formula is C2H5BeClO2. The van der Waals surface area contributed by atoms with Crippen molar-refractivity contribution in [2.45, 2.75) is 0 Å². The number of carboxylic acids is 1. The number of alkyl halides is 1.